The molecule has 2 amide bonds. The van der Waals surface area contributed by atoms with Gasteiger partial charge in [-0.2, -0.15) is 0 Å². The van der Waals surface area contributed by atoms with Crippen molar-refractivity contribution < 1.29 is 14.3 Å². The zero-order chi connectivity index (χ0) is 17.9. The summed E-state index contributed by atoms with van der Waals surface area (Å²) in [6.45, 7) is 0.438. The Morgan fingerprint density at radius 3 is 2.77 bits per heavy atom. The average molecular weight is 351 g/mol. The first kappa shape index (κ1) is 16.6. The molecule has 1 fully saturated rings. The van der Waals surface area contributed by atoms with Gasteiger partial charge in [0.05, 0.1) is 0 Å². The molecule has 1 aromatic carbocycles. The minimum Gasteiger partial charge on any atom is -0.472 e. The van der Waals surface area contributed by atoms with E-state index in [1.807, 2.05) is 36.4 Å². The number of hydrogen-bond donors (Lipinski definition) is 1. The molecule has 0 unspecified atom stereocenters. The molecule has 2 aliphatic rings. The zero-order valence-electron chi connectivity index (χ0n) is 14.4. The van der Waals surface area contributed by atoms with Gasteiger partial charge in [-0.05, 0) is 31.4 Å². The van der Waals surface area contributed by atoms with Gasteiger partial charge in [-0.1, -0.05) is 30.3 Å². The molecular formula is C20H21N3O3. The van der Waals surface area contributed by atoms with Crippen molar-refractivity contribution in [1.82, 2.24) is 10.3 Å². The van der Waals surface area contributed by atoms with Crippen LogP contribution in [0.15, 0.2) is 48.7 Å². The standard InChI is InChI=1S/C20H21N3O3/c24-17(22-15-10-11-15)9-5-13-23-19-16(8-4-12-21-19)26-18(20(23)25)14-6-2-1-3-7-14/h1-4,6-8,12,15,18H,5,9-11,13H2,(H,22,24)/t18-/m0/s1. The molecule has 134 valence electrons. The van der Waals surface area contributed by atoms with Gasteiger partial charge in [0, 0.05) is 30.8 Å². The van der Waals surface area contributed by atoms with Crippen LogP contribution in [0.3, 0.4) is 0 Å². The van der Waals surface area contributed by atoms with Crippen molar-refractivity contribution in [2.45, 2.75) is 37.8 Å². The van der Waals surface area contributed by atoms with E-state index in [1.54, 1.807) is 17.2 Å². The van der Waals surface area contributed by atoms with E-state index in [1.165, 1.54) is 0 Å². The summed E-state index contributed by atoms with van der Waals surface area (Å²) in [6, 6.07) is 13.4. The highest BCUT2D eigenvalue weighted by molar-refractivity contribution is 5.99. The number of rotatable bonds is 6. The van der Waals surface area contributed by atoms with Crippen LogP contribution in [-0.4, -0.2) is 29.4 Å². The summed E-state index contributed by atoms with van der Waals surface area (Å²) in [7, 11) is 0. The third kappa shape index (κ3) is 3.54. The van der Waals surface area contributed by atoms with Crippen molar-refractivity contribution in [2.75, 3.05) is 11.4 Å². The molecule has 0 spiro atoms. The average Bonchev–Trinajstić information content (AvgIpc) is 3.48. The molecule has 0 bridgehead atoms. The number of nitrogens with one attached hydrogen (secondary N) is 1. The SMILES string of the molecule is O=C(CCCN1C(=O)[C@H](c2ccccc2)Oc2cccnc21)NC1CC1. The van der Waals surface area contributed by atoms with Crippen LogP contribution in [0.2, 0.25) is 0 Å². The van der Waals surface area contributed by atoms with Gasteiger partial charge in [-0.15, -0.1) is 0 Å². The third-order valence-electron chi connectivity index (χ3n) is 4.57. The van der Waals surface area contributed by atoms with Crippen LogP contribution >= 0.6 is 0 Å². The Hall–Kier alpha value is -2.89. The van der Waals surface area contributed by atoms with Gasteiger partial charge in [-0.3, -0.25) is 14.5 Å². The number of anilines is 1. The molecule has 1 aliphatic carbocycles. The van der Waals surface area contributed by atoms with Crippen molar-refractivity contribution >= 4 is 17.6 Å². The number of hydrogen-bond acceptors (Lipinski definition) is 4. The fourth-order valence-electron chi connectivity index (χ4n) is 3.08. The summed E-state index contributed by atoms with van der Waals surface area (Å²) in [5, 5.41) is 2.97. The van der Waals surface area contributed by atoms with E-state index in [-0.39, 0.29) is 11.8 Å². The lowest BCUT2D eigenvalue weighted by Gasteiger charge is -2.33. The fourth-order valence-corrected chi connectivity index (χ4v) is 3.08. The second kappa shape index (κ2) is 7.15. The van der Waals surface area contributed by atoms with Crippen molar-refractivity contribution in [3.05, 3.63) is 54.2 Å². The molecular weight excluding hydrogens is 330 g/mol. The normalized spacial score (nSPS) is 18.8. The van der Waals surface area contributed by atoms with E-state index < -0.39 is 6.10 Å². The van der Waals surface area contributed by atoms with Crippen LogP contribution in [0, 0.1) is 0 Å². The Bertz CT molecular complexity index is 805. The Kier molecular flexibility index (Phi) is 4.56. The zero-order valence-corrected chi connectivity index (χ0v) is 14.4. The smallest absolute Gasteiger partial charge is 0.274 e. The molecule has 2 aromatic rings. The lowest BCUT2D eigenvalue weighted by molar-refractivity contribution is -0.127. The first-order valence-corrected chi connectivity index (χ1v) is 9.00. The second-order valence-corrected chi connectivity index (χ2v) is 6.67. The molecule has 1 atom stereocenters. The Labute approximate surface area is 152 Å². The monoisotopic (exact) mass is 351 g/mol. The quantitative estimate of drug-likeness (QED) is 0.868. The van der Waals surface area contributed by atoms with Gasteiger partial charge in [0.15, 0.2) is 11.6 Å². The summed E-state index contributed by atoms with van der Waals surface area (Å²) in [4.78, 5) is 30.9. The van der Waals surface area contributed by atoms with E-state index in [9.17, 15) is 9.59 Å². The molecule has 0 radical (unpaired) electrons. The molecule has 1 aromatic heterocycles. The van der Waals surface area contributed by atoms with Crippen molar-refractivity contribution in [2.24, 2.45) is 0 Å². The van der Waals surface area contributed by atoms with E-state index in [4.69, 9.17) is 4.74 Å². The van der Waals surface area contributed by atoms with E-state index >= 15 is 0 Å². The maximum Gasteiger partial charge on any atom is 0.274 e. The van der Waals surface area contributed by atoms with Crippen LogP contribution in [-0.2, 0) is 9.59 Å². The molecule has 1 N–H and O–H groups in total. The summed E-state index contributed by atoms with van der Waals surface area (Å²) >= 11 is 0. The van der Waals surface area contributed by atoms with Gasteiger partial charge < -0.3 is 10.1 Å². The number of aromatic nitrogens is 1. The topological polar surface area (TPSA) is 71.5 Å². The third-order valence-corrected chi connectivity index (χ3v) is 4.57. The molecule has 6 heteroatoms. The van der Waals surface area contributed by atoms with E-state index in [0.29, 0.717) is 37.0 Å². The van der Waals surface area contributed by atoms with E-state index in [2.05, 4.69) is 10.3 Å². The lowest BCUT2D eigenvalue weighted by Crippen LogP contribution is -2.42. The van der Waals surface area contributed by atoms with E-state index in [0.717, 1.165) is 18.4 Å². The molecule has 1 saturated carbocycles. The van der Waals surface area contributed by atoms with Crippen LogP contribution in [0.4, 0.5) is 5.82 Å². The molecule has 6 nitrogen and oxygen atoms in total. The Morgan fingerprint density at radius 2 is 2.00 bits per heavy atom. The van der Waals surface area contributed by atoms with Crippen molar-refractivity contribution in [3.63, 3.8) is 0 Å². The summed E-state index contributed by atoms with van der Waals surface area (Å²) < 4.78 is 5.92. The summed E-state index contributed by atoms with van der Waals surface area (Å²) in [5.41, 5.74) is 0.809. The van der Waals surface area contributed by atoms with Crippen LogP contribution in [0.1, 0.15) is 37.4 Å². The van der Waals surface area contributed by atoms with Gasteiger partial charge in [0.1, 0.15) is 0 Å². The fraction of sp³-hybridized carbons (Fsp3) is 0.350. The Morgan fingerprint density at radius 1 is 1.19 bits per heavy atom. The number of ether oxygens (including phenoxy) is 1. The minimum absolute atomic E-state index is 0.0501. The number of nitrogens with zero attached hydrogens (tertiary/aromatic N) is 2. The first-order chi connectivity index (χ1) is 12.7. The predicted molar refractivity (Wildman–Crippen MR) is 96.8 cm³/mol. The highest BCUT2D eigenvalue weighted by Crippen LogP contribution is 2.37. The van der Waals surface area contributed by atoms with Gasteiger partial charge in [0.25, 0.3) is 5.91 Å². The van der Waals surface area contributed by atoms with Gasteiger partial charge >= 0.3 is 0 Å². The first-order valence-electron chi connectivity index (χ1n) is 9.00. The number of carbonyl (C=O) groups excluding carboxylic acids is 2. The predicted octanol–water partition coefficient (Wildman–Crippen LogP) is 2.61. The van der Waals surface area contributed by atoms with Crippen LogP contribution in [0.5, 0.6) is 5.75 Å². The maximum atomic E-state index is 13.0. The largest absolute Gasteiger partial charge is 0.472 e. The highest BCUT2D eigenvalue weighted by atomic mass is 16.5. The van der Waals surface area contributed by atoms with Crippen molar-refractivity contribution in [3.8, 4) is 5.75 Å². The second-order valence-electron chi connectivity index (χ2n) is 6.67. The van der Waals surface area contributed by atoms with Gasteiger partial charge in [-0.25, -0.2) is 4.98 Å². The lowest BCUT2D eigenvalue weighted by atomic mass is 10.1. The number of fused-ring (bicyclic) bond motifs is 1. The van der Waals surface area contributed by atoms with Crippen LogP contribution < -0.4 is 15.0 Å². The van der Waals surface area contributed by atoms with Crippen LogP contribution in [0.25, 0.3) is 0 Å². The molecule has 4 rings (SSSR count). The molecule has 2 heterocycles. The molecule has 0 saturated heterocycles. The molecule has 1 aliphatic heterocycles. The number of carbonyl (C=O) groups is 2. The van der Waals surface area contributed by atoms with Gasteiger partial charge in [0.2, 0.25) is 12.0 Å². The maximum absolute atomic E-state index is 13.0. The number of benzene rings is 1. The number of amides is 2. The minimum atomic E-state index is -0.687. The highest BCUT2D eigenvalue weighted by Gasteiger charge is 2.36. The summed E-state index contributed by atoms with van der Waals surface area (Å²) in [6.07, 6.45) is 4.09. The van der Waals surface area contributed by atoms with Crippen molar-refractivity contribution in [1.29, 1.82) is 0 Å². The summed E-state index contributed by atoms with van der Waals surface area (Å²) in [5.74, 6) is 1.01. The number of pyridine rings is 1. The molecule has 26 heavy (non-hydrogen) atoms. The Balaban J connectivity index is 1.49.